The van der Waals surface area contributed by atoms with Gasteiger partial charge >= 0.3 is 5.97 Å². The van der Waals surface area contributed by atoms with Crippen LogP contribution in [0.25, 0.3) is 6.08 Å². The Morgan fingerprint density at radius 1 is 1.24 bits per heavy atom. The highest BCUT2D eigenvalue weighted by molar-refractivity contribution is 8.26. The van der Waals surface area contributed by atoms with Gasteiger partial charge in [0.25, 0.3) is 11.5 Å². The minimum atomic E-state index is -0.917. The molecule has 1 N–H and O–H groups in total. The van der Waals surface area contributed by atoms with E-state index >= 15 is 0 Å². The van der Waals surface area contributed by atoms with Crippen LogP contribution in [-0.4, -0.2) is 50.4 Å². The van der Waals surface area contributed by atoms with Gasteiger partial charge in [-0.25, -0.2) is 0 Å². The van der Waals surface area contributed by atoms with Crippen molar-refractivity contribution in [1.29, 1.82) is 5.26 Å². The Kier molecular flexibility index (Phi) is 8.32. The molecule has 176 valence electrons. The first kappa shape index (κ1) is 25.0. The minimum absolute atomic E-state index is 0.0398. The molecule has 0 saturated carbocycles. The van der Waals surface area contributed by atoms with E-state index in [1.165, 1.54) is 16.7 Å². The van der Waals surface area contributed by atoms with Gasteiger partial charge in [-0.3, -0.25) is 23.9 Å². The Labute approximate surface area is 202 Å². The SMILES string of the molecule is CCCn1c(N2CCCCC2)c(/C=C2/SC(=S)N(CCCC(=O)O)C2=O)c(C)c(C#N)c1=O. The van der Waals surface area contributed by atoms with Crippen molar-refractivity contribution in [2.24, 2.45) is 0 Å². The summed E-state index contributed by atoms with van der Waals surface area (Å²) in [6.45, 7) is 6.09. The van der Waals surface area contributed by atoms with Gasteiger partial charge in [0.2, 0.25) is 0 Å². The van der Waals surface area contributed by atoms with E-state index in [1.807, 2.05) is 6.92 Å². The molecule has 0 aromatic carbocycles. The molecule has 33 heavy (non-hydrogen) atoms. The summed E-state index contributed by atoms with van der Waals surface area (Å²) >= 11 is 6.55. The van der Waals surface area contributed by atoms with Crippen molar-refractivity contribution >= 4 is 52.1 Å². The number of carboxylic acid groups (broad SMARTS) is 1. The fraction of sp³-hybridized carbons (Fsp3) is 0.522. The first-order chi connectivity index (χ1) is 15.8. The number of thiocarbonyl (C=S) groups is 1. The van der Waals surface area contributed by atoms with Crippen molar-refractivity contribution in [2.45, 2.75) is 58.9 Å². The third-order valence-electron chi connectivity index (χ3n) is 5.87. The number of carbonyl (C=O) groups is 2. The van der Waals surface area contributed by atoms with Crippen LogP contribution >= 0.6 is 24.0 Å². The van der Waals surface area contributed by atoms with Gasteiger partial charge in [0.15, 0.2) is 0 Å². The highest BCUT2D eigenvalue weighted by Crippen LogP contribution is 2.36. The molecule has 1 aromatic rings. The fourth-order valence-corrected chi connectivity index (χ4v) is 5.52. The summed E-state index contributed by atoms with van der Waals surface area (Å²) < 4.78 is 2.06. The van der Waals surface area contributed by atoms with Crippen LogP contribution in [0.15, 0.2) is 9.70 Å². The maximum atomic E-state index is 13.1. The molecule has 3 rings (SSSR count). The Hall–Kier alpha value is -2.64. The molecule has 2 aliphatic heterocycles. The molecule has 3 heterocycles. The molecule has 10 heteroatoms. The Balaban J connectivity index is 2.10. The number of aromatic nitrogens is 1. The van der Waals surface area contributed by atoms with Crippen molar-refractivity contribution < 1.29 is 14.7 Å². The summed E-state index contributed by atoms with van der Waals surface area (Å²) in [5.41, 5.74) is 1.06. The largest absolute Gasteiger partial charge is 0.481 e. The fourth-order valence-electron chi connectivity index (χ4n) is 4.23. The zero-order chi connectivity index (χ0) is 24.1. The number of amides is 1. The van der Waals surface area contributed by atoms with Gasteiger partial charge < -0.3 is 10.0 Å². The lowest BCUT2D eigenvalue weighted by molar-refractivity contribution is -0.137. The van der Waals surface area contributed by atoms with Gasteiger partial charge in [0, 0.05) is 38.2 Å². The summed E-state index contributed by atoms with van der Waals surface area (Å²) in [5, 5.41) is 18.6. The van der Waals surface area contributed by atoms with E-state index in [2.05, 4.69) is 11.0 Å². The van der Waals surface area contributed by atoms with Crippen LogP contribution in [0.4, 0.5) is 5.82 Å². The maximum absolute atomic E-state index is 13.1. The van der Waals surface area contributed by atoms with Crippen LogP contribution in [0.3, 0.4) is 0 Å². The smallest absolute Gasteiger partial charge is 0.303 e. The van der Waals surface area contributed by atoms with E-state index in [4.69, 9.17) is 17.3 Å². The van der Waals surface area contributed by atoms with Gasteiger partial charge in [-0.1, -0.05) is 30.9 Å². The second kappa shape index (κ2) is 11.0. The first-order valence-electron chi connectivity index (χ1n) is 11.2. The summed E-state index contributed by atoms with van der Waals surface area (Å²) in [4.78, 5) is 41.1. The van der Waals surface area contributed by atoms with Crippen molar-refractivity contribution in [3.8, 4) is 6.07 Å². The molecule has 0 unspecified atom stereocenters. The van der Waals surface area contributed by atoms with Crippen LogP contribution < -0.4 is 10.5 Å². The third kappa shape index (κ3) is 5.31. The second-order valence-corrected chi connectivity index (χ2v) is 9.86. The number of anilines is 1. The number of carbonyl (C=O) groups excluding carboxylic acids is 1. The number of hydrogen-bond donors (Lipinski definition) is 1. The molecular weight excluding hydrogens is 460 g/mol. The molecule has 0 spiro atoms. The van der Waals surface area contributed by atoms with Crippen molar-refractivity contribution in [3.05, 3.63) is 31.9 Å². The Bertz CT molecular complexity index is 1100. The number of rotatable bonds is 8. The number of nitriles is 1. The van der Waals surface area contributed by atoms with Crippen LogP contribution in [0, 0.1) is 18.3 Å². The van der Waals surface area contributed by atoms with Crippen LogP contribution in [0.2, 0.25) is 0 Å². The minimum Gasteiger partial charge on any atom is -0.481 e. The second-order valence-electron chi connectivity index (χ2n) is 8.18. The van der Waals surface area contributed by atoms with E-state index in [1.54, 1.807) is 17.6 Å². The van der Waals surface area contributed by atoms with Gasteiger partial charge in [-0.05, 0) is 50.7 Å². The van der Waals surface area contributed by atoms with E-state index in [9.17, 15) is 19.6 Å². The highest BCUT2D eigenvalue weighted by Gasteiger charge is 2.33. The van der Waals surface area contributed by atoms with E-state index in [0.717, 1.165) is 44.6 Å². The van der Waals surface area contributed by atoms with E-state index in [-0.39, 0.29) is 30.0 Å². The molecule has 2 fully saturated rings. The number of nitrogens with zero attached hydrogens (tertiary/aromatic N) is 4. The zero-order valence-electron chi connectivity index (χ0n) is 18.9. The molecular formula is C23H28N4O4S2. The summed E-state index contributed by atoms with van der Waals surface area (Å²) in [7, 11) is 0. The van der Waals surface area contributed by atoms with Crippen molar-refractivity contribution in [3.63, 3.8) is 0 Å². The first-order valence-corrected chi connectivity index (χ1v) is 12.4. The number of thioether (sulfide) groups is 1. The number of carboxylic acids is 1. The van der Waals surface area contributed by atoms with Crippen molar-refractivity contribution in [2.75, 3.05) is 24.5 Å². The standard InChI is InChI=1S/C23H28N4O4S2/c1-3-9-26-20(25-10-5-4-6-11-25)16(15(2)17(14-24)21(26)30)13-18-22(31)27(23(32)33-18)12-7-8-19(28)29/h13H,3-12H2,1-2H3,(H,28,29)/b18-13+. The number of aliphatic carboxylic acids is 1. The van der Waals surface area contributed by atoms with Gasteiger partial charge in [-0.2, -0.15) is 5.26 Å². The average Bonchev–Trinajstić information content (AvgIpc) is 3.05. The van der Waals surface area contributed by atoms with Crippen LogP contribution in [-0.2, 0) is 16.1 Å². The Morgan fingerprint density at radius 3 is 2.55 bits per heavy atom. The topological polar surface area (TPSA) is 107 Å². The molecule has 0 atom stereocenters. The lowest BCUT2D eigenvalue weighted by Gasteiger charge is -2.33. The van der Waals surface area contributed by atoms with Crippen LogP contribution in [0.5, 0.6) is 0 Å². The lowest BCUT2D eigenvalue weighted by atomic mass is 10.0. The molecule has 1 aromatic heterocycles. The van der Waals surface area contributed by atoms with E-state index < -0.39 is 5.97 Å². The summed E-state index contributed by atoms with van der Waals surface area (Å²) in [6, 6.07) is 2.06. The highest BCUT2D eigenvalue weighted by atomic mass is 32.2. The molecule has 0 aliphatic carbocycles. The molecule has 0 radical (unpaired) electrons. The number of pyridine rings is 1. The lowest BCUT2D eigenvalue weighted by Crippen LogP contribution is -2.37. The zero-order valence-corrected chi connectivity index (χ0v) is 20.6. The third-order valence-corrected chi connectivity index (χ3v) is 7.25. The predicted octanol–water partition coefficient (Wildman–Crippen LogP) is 3.49. The number of piperidine rings is 1. The summed E-state index contributed by atoms with van der Waals surface area (Å²) in [6.07, 6.45) is 5.93. The predicted molar refractivity (Wildman–Crippen MR) is 133 cm³/mol. The molecule has 2 saturated heterocycles. The van der Waals surface area contributed by atoms with Gasteiger partial charge in [-0.15, -0.1) is 0 Å². The summed E-state index contributed by atoms with van der Waals surface area (Å²) in [5.74, 6) is -0.430. The van der Waals surface area contributed by atoms with Gasteiger partial charge in [0.1, 0.15) is 21.8 Å². The van der Waals surface area contributed by atoms with E-state index in [0.29, 0.717) is 33.3 Å². The monoisotopic (exact) mass is 488 g/mol. The number of hydrogen-bond acceptors (Lipinski definition) is 7. The van der Waals surface area contributed by atoms with Gasteiger partial charge in [0.05, 0.1) is 4.91 Å². The molecule has 2 aliphatic rings. The molecule has 0 bridgehead atoms. The van der Waals surface area contributed by atoms with Crippen molar-refractivity contribution in [1.82, 2.24) is 9.47 Å². The average molecular weight is 489 g/mol. The van der Waals surface area contributed by atoms with Crippen LogP contribution in [0.1, 0.15) is 62.1 Å². The Morgan fingerprint density at radius 2 is 1.94 bits per heavy atom. The maximum Gasteiger partial charge on any atom is 0.303 e. The molecule has 1 amide bonds. The quantitative estimate of drug-likeness (QED) is 0.438. The molecule has 8 nitrogen and oxygen atoms in total. The normalized spacial score (nSPS) is 17.7.